The second kappa shape index (κ2) is 8.95. The van der Waals surface area contributed by atoms with Crippen LogP contribution < -0.4 is 9.47 Å². The Morgan fingerprint density at radius 2 is 1.74 bits per heavy atom. The van der Waals surface area contributed by atoms with Gasteiger partial charge in [0.2, 0.25) is 0 Å². The third-order valence-electron chi connectivity index (χ3n) is 4.73. The first kappa shape index (κ1) is 20.0. The van der Waals surface area contributed by atoms with Crippen molar-refractivity contribution in [2.24, 2.45) is 0 Å². The Bertz CT molecular complexity index is 837. The average molecular weight is 410 g/mol. The summed E-state index contributed by atoms with van der Waals surface area (Å²) in [5.41, 5.74) is 1.12. The highest BCUT2D eigenvalue weighted by Gasteiger charge is 2.32. The van der Waals surface area contributed by atoms with E-state index in [9.17, 15) is 8.42 Å². The van der Waals surface area contributed by atoms with Crippen LogP contribution in [-0.2, 0) is 16.4 Å². The molecule has 7 heteroatoms. The number of rotatable bonds is 8. The summed E-state index contributed by atoms with van der Waals surface area (Å²) in [6, 6.07) is 15.1. The fourth-order valence-corrected chi connectivity index (χ4v) is 5.12. The van der Waals surface area contributed by atoms with Crippen molar-refractivity contribution in [1.82, 2.24) is 4.90 Å². The fourth-order valence-electron chi connectivity index (χ4n) is 3.23. The minimum Gasteiger partial charge on any atom is -0.497 e. The Morgan fingerprint density at radius 1 is 1.07 bits per heavy atom. The molecular weight excluding hydrogens is 386 g/mol. The minimum absolute atomic E-state index is 0.0194. The predicted molar refractivity (Wildman–Crippen MR) is 107 cm³/mol. The molecule has 0 amide bonds. The number of hydrogen-bond donors (Lipinski definition) is 0. The molecule has 0 bridgehead atoms. The van der Waals surface area contributed by atoms with Crippen molar-refractivity contribution < 1.29 is 17.9 Å². The SMILES string of the molecule is COc1ccc(CN(CCOc2ccc(Cl)cc2)C2CCS(=O)(=O)C2)cc1. The van der Waals surface area contributed by atoms with E-state index in [1.807, 2.05) is 36.4 Å². The molecule has 1 atom stereocenters. The van der Waals surface area contributed by atoms with Gasteiger partial charge in [0.05, 0.1) is 18.6 Å². The molecular formula is C20H24ClNO4S. The van der Waals surface area contributed by atoms with Crippen LogP contribution >= 0.6 is 11.6 Å². The van der Waals surface area contributed by atoms with Crippen molar-refractivity contribution in [3.8, 4) is 11.5 Å². The molecule has 2 aromatic rings. The van der Waals surface area contributed by atoms with Crippen molar-refractivity contribution >= 4 is 21.4 Å². The second-order valence-electron chi connectivity index (χ2n) is 6.68. The zero-order valence-corrected chi connectivity index (χ0v) is 16.9. The molecule has 1 aliphatic heterocycles. The summed E-state index contributed by atoms with van der Waals surface area (Å²) in [6.45, 7) is 1.80. The van der Waals surface area contributed by atoms with E-state index in [1.54, 1.807) is 19.2 Å². The van der Waals surface area contributed by atoms with Gasteiger partial charge in [0.1, 0.15) is 18.1 Å². The van der Waals surface area contributed by atoms with Gasteiger partial charge in [-0.15, -0.1) is 0 Å². The Balaban J connectivity index is 1.64. The second-order valence-corrected chi connectivity index (χ2v) is 9.34. The lowest BCUT2D eigenvalue weighted by Gasteiger charge is -2.28. The highest BCUT2D eigenvalue weighted by Crippen LogP contribution is 2.21. The molecule has 0 saturated carbocycles. The van der Waals surface area contributed by atoms with Crippen LogP contribution in [-0.4, -0.2) is 51.1 Å². The zero-order valence-electron chi connectivity index (χ0n) is 15.3. The summed E-state index contributed by atoms with van der Waals surface area (Å²) in [5.74, 6) is 2.03. The highest BCUT2D eigenvalue weighted by atomic mass is 35.5. The smallest absolute Gasteiger partial charge is 0.151 e. The van der Waals surface area contributed by atoms with E-state index in [0.29, 0.717) is 31.1 Å². The van der Waals surface area contributed by atoms with Crippen LogP contribution in [0.15, 0.2) is 48.5 Å². The third kappa shape index (κ3) is 5.86. The first-order chi connectivity index (χ1) is 12.9. The van der Waals surface area contributed by atoms with E-state index in [2.05, 4.69) is 4.90 Å². The molecule has 3 rings (SSSR count). The summed E-state index contributed by atoms with van der Waals surface area (Å²) in [5, 5.41) is 0.666. The summed E-state index contributed by atoms with van der Waals surface area (Å²) >= 11 is 5.89. The molecule has 0 aromatic heterocycles. The van der Waals surface area contributed by atoms with Gasteiger partial charge >= 0.3 is 0 Å². The fraction of sp³-hybridized carbons (Fsp3) is 0.400. The van der Waals surface area contributed by atoms with Crippen LogP contribution in [0.5, 0.6) is 11.5 Å². The van der Waals surface area contributed by atoms with Gasteiger partial charge in [-0.2, -0.15) is 0 Å². The normalized spacial score (nSPS) is 18.6. The van der Waals surface area contributed by atoms with E-state index in [0.717, 1.165) is 17.1 Å². The van der Waals surface area contributed by atoms with Crippen molar-refractivity contribution in [2.45, 2.75) is 19.0 Å². The predicted octanol–water partition coefficient (Wildman–Crippen LogP) is 3.42. The maximum atomic E-state index is 11.9. The van der Waals surface area contributed by atoms with E-state index in [-0.39, 0.29) is 17.5 Å². The van der Waals surface area contributed by atoms with Crippen molar-refractivity contribution in [2.75, 3.05) is 31.8 Å². The number of sulfone groups is 1. The van der Waals surface area contributed by atoms with Gasteiger partial charge < -0.3 is 9.47 Å². The Hall–Kier alpha value is -1.76. The topological polar surface area (TPSA) is 55.8 Å². The molecule has 1 saturated heterocycles. The van der Waals surface area contributed by atoms with Crippen LogP contribution in [0.2, 0.25) is 5.02 Å². The first-order valence-electron chi connectivity index (χ1n) is 8.91. The maximum absolute atomic E-state index is 11.9. The summed E-state index contributed by atoms with van der Waals surface area (Å²) in [6.07, 6.45) is 0.666. The van der Waals surface area contributed by atoms with Crippen LogP contribution in [0, 0.1) is 0 Å². The van der Waals surface area contributed by atoms with E-state index >= 15 is 0 Å². The van der Waals surface area contributed by atoms with Crippen molar-refractivity contribution in [1.29, 1.82) is 0 Å². The standard InChI is InChI=1S/C20H24ClNO4S/c1-25-19-6-2-16(3-7-19)14-22(18-10-13-27(23,24)15-18)11-12-26-20-8-4-17(21)5-9-20/h2-9,18H,10-15H2,1H3. The van der Waals surface area contributed by atoms with E-state index in [4.69, 9.17) is 21.1 Å². The molecule has 146 valence electrons. The van der Waals surface area contributed by atoms with Gasteiger partial charge in [0.15, 0.2) is 9.84 Å². The molecule has 1 heterocycles. The van der Waals surface area contributed by atoms with Crippen LogP contribution in [0.3, 0.4) is 0 Å². The number of nitrogens with zero attached hydrogens (tertiary/aromatic N) is 1. The van der Waals surface area contributed by atoms with E-state index in [1.165, 1.54) is 0 Å². The number of benzene rings is 2. The number of hydrogen-bond acceptors (Lipinski definition) is 5. The third-order valence-corrected chi connectivity index (χ3v) is 6.73. The molecule has 1 aliphatic rings. The zero-order chi connectivity index (χ0) is 19.3. The van der Waals surface area contributed by atoms with E-state index < -0.39 is 9.84 Å². The number of methoxy groups -OCH3 is 1. The Morgan fingerprint density at radius 3 is 2.33 bits per heavy atom. The molecule has 0 spiro atoms. The highest BCUT2D eigenvalue weighted by molar-refractivity contribution is 7.91. The summed E-state index contributed by atoms with van der Waals surface area (Å²) in [7, 11) is -1.30. The van der Waals surface area contributed by atoms with Crippen LogP contribution in [0.1, 0.15) is 12.0 Å². The van der Waals surface area contributed by atoms with Gasteiger partial charge in [-0.25, -0.2) is 8.42 Å². The van der Waals surface area contributed by atoms with Gasteiger partial charge in [0, 0.05) is 24.2 Å². The number of halogens is 1. The lowest BCUT2D eigenvalue weighted by molar-refractivity contribution is 0.163. The molecule has 1 unspecified atom stereocenters. The molecule has 1 fully saturated rings. The molecule has 27 heavy (non-hydrogen) atoms. The Kier molecular flexibility index (Phi) is 6.63. The minimum atomic E-state index is -2.94. The maximum Gasteiger partial charge on any atom is 0.151 e. The quantitative estimate of drug-likeness (QED) is 0.668. The average Bonchev–Trinajstić information content (AvgIpc) is 3.03. The molecule has 0 radical (unpaired) electrons. The monoisotopic (exact) mass is 409 g/mol. The van der Waals surface area contributed by atoms with Crippen LogP contribution in [0.25, 0.3) is 0 Å². The van der Waals surface area contributed by atoms with Crippen molar-refractivity contribution in [3.05, 3.63) is 59.1 Å². The molecule has 2 aromatic carbocycles. The lowest BCUT2D eigenvalue weighted by atomic mass is 10.1. The summed E-state index contributed by atoms with van der Waals surface area (Å²) in [4.78, 5) is 2.20. The van der Waals surface area contributed by atoms with Gasteiger partial charge in [-0.05, 0) is 48.4 Å². The molecule has 0 N–H and O–H groups in total. The van der Waals surface area contributed by atoms with Crippen LogP contribution in [0.4, 0.5) is 0 Å². The first-order valence-corrected chi connectivity index (χ1v) is 11.1. The molecule has 5 nitrogen and oxygen atoms in total. The lowest BCUT2D eigenvalue weighted by Crippen LogP contribution is -2.38. The van der Waals surface area contributed by atoms with Gasteiger partial charge in [-0.3, -0.25) is 4.90 Å². The van der Waals surface area contributed by atoms with Gasteiger partial charge in [-0.1, -0.05) is 23.7 Å². The number of ether oxygens (including phenoxy) is 2. The van der Waals surface area contributed by atoms with Gasteiger partial charge in [0.25, 0.3) is 0 Å². The summed E-state index contributed by atoms with van der Waals surface area (Å²) < 4.78 is 34.9. The molecule has 0 aliphatic carbocycles. The van der Waals surface area contributed by atoms with Crippen molar-refractivity contribution in [3.63, 3.8) is 0 Å². The Labute approximate surface area is 165 Å². The largest absolute Gasteiger partial charge is 0.497 e.